The molecule has 6 rings (SSSR count). The number of aromatic hydroxyl groups is 1. The summed E-state index contributed by atoms with van der Waals surface area (Å²) in [6.45, 7) is 2.76. The van der Waals surface area contributed by atoms with Crippen molar-refractivity contribution in [1.29, 1.82) is 0 Å². The van der Waals surface area contributed by atoms with Crippen molar-refractivity contribution in [3.05, 3.63) is 58.3 Å². The standard InChI is InChI=1S/C30H33N3O9/c1-32(2)23-19-11-15-9-18-17(14-3-6-42-13-14)10-16(12-33-4-7-41-8-5-33)24(34)21(18)25(35)20(15)27(37)30(19,40)28(38)22(26(23)36)29(31)39/h3,6,10,13,15,19,23,34-35,38,40H,4-5,7-9,11-12H2,1-2H3,(H2,31,39). The highest BCUT2D eigenvalue weighted by Gasteiger charge is 2.64. The molecule has 3 aliphatic carbocycles. The van der Waals surface area contributed by atoms with Crippen molar-refractivity contribution in [2.24, 2.45) is 17.6 Å². The smallest absolute Gasteiger partial charge is 0.255 e. The number of Topliss-reactive ketones (excluding diaryl/α,β-unsaturated/α-hetero) is 2. The molecule has 4 unspecified atom stereocenters. The fourth-order valence-electron chi connectivity index (χ4n) is 7.16. The van der Waals surface area contributed by atoms with Gasteiger partial charge in [-0.1, -0.05) is 0 Å². The number of carbonyl (C=O) groups excluding carboxylic acids is 3. The molecular weight excluding hydrogens is 546 g/mol. The van der Waals surface area contributed by atoms with Crippen molar-refractivity contribution < 1.29 is 44.0 Å². The molecule has 1 aromatic carbocycles. The van der Waals surface area contributed by atoms with Crippen LogP contribution in [0.25, 0.3) is 16.9 Å². The number of ether oxygens (including phenoxy) is 1. The van der Waals surface area contributed by atoms with E-state index in [4.69, 9.17) is 14.9 Å². The third-order valence-corrected chi connectivity index (χ3v) is 9.13. The minimum atomic E-state index is -2.68. The predicted molar refractivity (Wildman–Crippen MR) is 148 cm³/mol. The Labute approximate surface area is 241 Å². The average molecular weight is 580 g/mol. The van der Waals surface area contributed by atoms with Crippen LogP contribution in [0, 0.1) is 11.8 Å². The number of nitrogens with two attached hydrogens (primary N) is 1. The quantitative estimate of drug-likeness (QED) is 0.319. The summed E-state index contributed by atoms with van der Waals surface area (Å²) in [5.74, 6) is -6.72. The molecule has 1 saturated carbocycles. The third-order valence-electron chi connectivity index (χ3n) is 9.13. The molecule has 0 bridgehead atoms. The summed E-state index contributed by atoms with van der Waals surface area (Å²) in [5.41, 5.74) is 4.30. The summed E-state index contributed by atoms with van der Waals surface area (Å²) in [7, 11) is 3.14. The maximum Gasteiger partial charge on any atom is 0.255 e. The summed E-state index contributed by atoms with van der Waals surface area (Å²) >= 11 is 0. The highest BCUT2D eigenvalue weighted by molar-refractivity contribution is 6.24. The number of fused-ring (bicyclic) bond motifs is 3. The number of hydrogen-bond donors (Lipinski definition) is 5. The molecule has 2 fully saturated rings. The normalized spacial score (nSPS) is 28.1. The Kier molecular flexibility index (Phi) is 6.76. The van der Waals surface area contributed by atoms with E-state index in [-0.39, 0.29) is 29.7 Å². The van der Waals surface area contributed by atoms with E-state index < -0.39 is 58.0 Å². The number of aliphatic hydroxyl groups excluding tert-OH is 2. The molecular formula is C30H33N3O9. The second-order valence-corrected chi connectivity index (χ2v) is 11.6. The number of phenols is 1. The molecule has 4 aliphatic rings. The lowest BCUT2D eigenvalue weighted by Gasteiger charge is -2.50. The van der Waals surface area contributed by atoms with Gasteiger partial charge >= 0.3 is 0 Å². The minimum absolute atomic E-state index is 0.0207. The number of amides is 1. The van der Waals surface area contributed by atoms with Gasteiger partial charge in [0.25, 0.3) is 5.91 Å². The van der Waals surface area contributed by atoms with Crippen LogP contribution < -0.4 is 5.73 Å². The molecule has 2 aromatic rings. The SMILES string of the molecule is CN(C)C1C(=O)C(C(N)=O)=C(O)C2(O)C(=O)C3=C(O)c4c(O)c(CN5CCOCC5)cc(-c5ccoc5)c4CC3CC12. The number of morpholine rings is 1. The molecule has 42 heavy (non-hydrogen) atoms. The number of hydrogen-bond acceptors (Lipinski definition) is 11. The molecule has 1 saturated heterocycles. The number of rotatable bonds is 5. The molecule has 1 aliphatic heterocycles. The van der Waals surface area contributed by atoms with Gasteiger partial charge in [-0.2, -0.15) is 0 Å². The minimum Gasteiger partial charge on any atom is -0.508 e. The van der Waals surface area contributed by atoms with Crippen LogP contribution in [0.5, 0.6) is 5.75 Å². The largest absolute Gasteiger partial charge is 0.508 e. The molecule has 6 N–H and O–H groups in total. The van der Waals surface area contributed by atoms with Gasteiger partial charge in [0.2, 0.25) is 5.78 Å². The fourth-order valence-corrected chi connectivity index (χ4v) is 7.16. The van der Waals surface area contributed by atoms with E-state index >= 15 is 0 Å². The van der Waals surface area contributed by atoms with Crippen LogP contribution in [0.15, 0.2) is 46.0 Å². The van der Waals surface area contributed by atoms with Gasteiger partial charge in [0.1, 0.15) is 22.8 Å². The Hall–Kier alpha value is -3.97. The number of aliphatic hydroxyl groups is 3. The summed E-state index contributed by atoms with van der Waals surface area (Å²) in [5, 5.41) is 46.1. The lowest BCUT2D eigenvalue weighted by molar-refractivity contribution is -0.153. The molecule has 0 radical (unpaired) electrons. The van der Waals surface area contributed by atoms with Gasteiger partial charge in [0.15, 0.2) is 11.4 Å². The number of benzene rings is 1. The van der Waals surface area contributed by atoms with Crippen molar-refractivity contribution in [3.8, 4) is 16.9 Å². The Bertz CT molecular complexity index is 1550. The second kappa shape index (κ2) is 10.1. The maximum absolute atomic E-state index is 14.2. The monoisotopic (exact) mass is 579 g/mol. The first kappa shape index (κ1) is 28.2. The molecule has 2 heterocycles. The van der Waals surface area contributed by atoms with Gasteiger partial charge in [-0.05, 0) is 56.1 Å². The van der Waals surface area contributed by atoms with Crippen molar-refractivity contribution >= 4 is 23.2 Å². The van der Waals surface area contributed by atoms with Crippen LogP contribution in [-0.4, -0.2) is 99.7 Å². The number of carbonyl (C=O) groups is 3. The first-order valence-corrected chi connectivity index (χ1v) is 13.8. The van der Waals surface area contributed by atoms with Gasteiger partial charge in [-0.3, -0.25) is 24.2 Å². The van der Waals surface area contributed by atoms with Crippen LogP contribution in [-0.2, 0) is 32.1 Å². The van der Waals surface area contributed by atoms with Crippen LogP contribution in [0.4, 0.5) is 0 Å². The van der Waals surface area contributed by atoms with E-state index in [1.165, 1.54) is 11.2 Å². The maximum atomic E-state index is 14.2. The number of primary amides is 1. The van der Waals surface area contributed by atoms with E-state index in [0.29, 0.717) is 49.5 Å². The zero-order valence-corrected chi connectivity index (χ0v) is 23.3. The number of nitrogens with zero attached hydrogens (tertiary/aromatic N) is 2. The third kappa shape index (κ3) is 4.01. The second-order valence-electron chi connectivity index (χ2n) is 11.6. The number of likely N-dealkylation sites (N-methyl/N-ethyl adjacent to an activating group) is 1. The Balaban J connectivity index is 1.55. The predicted octanol–water partition coefficient (Wildman–Crippen LogP) is 1.06. The van der Waals surface area contributed by atoms with E-state index in [0.717, 1.165) is 5.56 Å². The first-order chi connectivity index (χ1) is 20.0. The van der Waals surface area contributed by atoms with Gasteiger partial charge in [-0.25, -0.2) is 0 Å². The lowest BCUT2D eigenvalue weighted by atomic mass is 9.57. The van der Waals surface area contributed by atoms with Crippen LogP contribution in [0.3, 0.4) is 0 Å². The zero-order valence-electron chi connectivity index (χ0n) is 23.3. The van der Waals surface area contributed by atoms with Gasteiger partial charge < -0.3 is 35.3 Å². The summed E-state index contributed by atoms with van der Waals surface area (Å²) < 4.78 is 10.8. The Morgan fingerprint density at radius 1 is 1.19 bits per heavy atom. The Morgan fingerprint density at radius 2 is 1.90 bits per heavy atom. The van der Waals surface area contributed by atoms with Gasteiger partial charge in [0.05, 0.1) is 37.3 Å². The molecule has 12 nitrogen and oxygen atoms in total. The number of phenolic OH excluding ortho intramolecular Hbond substituents is 1. The molecule has 1 amide bonds. The van der Waals surface area contributed by atoms with E-state index in [1.807, 2.05) is 6.07 Å². The lowest BCUT2D eigenvalue weighted by Crippen LogP contribution is -2.65. The summed E-state index contributed by atoms with van der Waals surface area (Å²) in [6, 6.07) is 2.48. The van der Waals surface area contributed by atoms with Crippen molar-refractivity contribution in [2.75, 3.05) is 40.4 Å². The Morgan fingerprint density at radius 3 is 2.52 bits per heavy atom. The number of furan rings is 1. The highest BCUT2D eigenvalue weighted by atomic mass is 16.5. The molecule has 4 atom stereocenters. The van der Waals surface area contributed by atoms with Crippen LogP contribution >= 0.6 is 0 Å². The molecule has 12 heteroatoms. The van der Waals surface area contributed by atoms with E-state index in [2.05, 4.69) is 4.90 Å². The van der Waals surface area contributed by atoms with Crippen molar-refractivity contribution in [2.45, 2.75) is 31.0 Å². The van der Waals surface area contributed by atoms with Gasteiger partial charge in [0, 0.05) is 42.3 Å². The first-order valence-electron chi connectivity index (χ1n) is 13.8. The molecule has 1 aromatic heterocycles. The van der Waals surface area contributed by atoms with E-state index in [9.17, 15) is 34.8 Å². The van der Waals surface area contributed by atoms with Gasteiger partial charge in [-0.15, -0.1) is 0 Å². The molecule has 222 valence electrons. The summed E-state index contributed by atoms with van der Waals surface area (Å²) in [6.07, 6.45) is 3.29. The molecule has 0 spiro atoms. The van der Waals surface area contributed by atoms with Crippen molar-refractivity contribution in [1.82, 2.24) is 9.80 Å². The summed E-state index contributed by atoms with van der Waals surface area (Å²) in [4.78, 5) is 43.2. The van der Waals surface area contributed by atoms with E-state index in [1.54, 1.807) is 26.4 Å². The topological polar surface area (TPSA) is 187 Å². The highest BCUT2D eigenvalue weighted by Crippen LogP contribution is 2.54. The average Bonchev–Trinajstić information content (AvgIpc) is 3.47. The van der Waals surface area contributed by atoms with Crippen LogP contribution in [0.1, 0.15) is 23.1 Å². The number of ketones is 2. The zero-order chi connectivity index (χ0) is 30.1. The van der Waals surface area contributed by atoms with Crippen molar-refractivity contribution in [3.63, 3.8) is 0 Å². The van der Waals surface area contributed by atoms with Crippen LogP contribution in [0.2, 0.25) is 0 Å². The fraction of sp³-hybridized carbons (Fsp3) is 0.433.